The summed E-state index contributed by atoms with van der Waals surface area (Å²) >= 11 is 0. The van der Waals surface area contributed by atoms with E-state index in [-0.39, 0.29) is 11.9 Å². The van der Waals surface area contributed by atoms with Crippen LogP contribution in [-0.2, 0) is 11.2 Å². The van der Waals surface area contributed by atoms with Crippen molar-refractivity contribution in [2.24, 2.45) is 4.99 Å². The van der Waals surface area contributed by atoms with Gasteiger partial charge in [-0.1, -0.05) is 6.08 Å². The van der Waals surface area contributed by atoms with E-state index in [0.29, 0.717) is 6.42 Å². The minimum absolute atomic E-state index is 0.0759. The van der Waals surface area contributed by atoms with Crippen molar-refractivity contribution in [2.75, 3.05) is 0 Å². The zero-order valence-corrected chi connectivity index (χ0v) is 9.15. The number of amidine groups is 1. The van der Waals surface area contributed by atoms with E-state index in [9.17, 15) is 4.79 Å². The van der Waals surface area contributed by atoms with Crippen molar-refractivity contribution in [2.45, 2.75) is 12.5 Å². The molecule has 1 amide bonds. The first-order valence-corrected chi connectivity index (χ1v) is 5.49. The van der Waals surface area contributed by atoms with Gasteiger partial charge < -0.3 is 4.90 Å². The first-order valence-electron chi connectivity index (χ1n) is 5.49. The Labute approximate surface area is 99.0 Å². The maximum atomic E-state index is 11.8. The van der Waals surface area contributed by atoms with Gasteiger partial charge in [0.1, 0.15) is 11.9 Å². The van der Waals surface area contributed by atoms with E-state index in [4.69, 9.17) is 0 Å². The van der Waals surface area contributed by atoms with E-state index in [1.165, 1.54) is 0 Å². The van der Waals surface area contributed by atoms with Gasteiger partial charge in [0, 0.05) is 25.0 Å². The summed E-state index contributed by atoms with van der Waals surface area (Å²) in [5, 5.41) is 0. The Bertz CT molecular complexity index is 531. The summed E-state index contributed by atoms with van der Waals surface area (Å²) in [5.41, 5.74) is 1.10. The Morgan fingerprint density at radius 3 is 2.88 bits per heavy atom. The molecule has 3 heterocycles. The highest BCUT2D eigenvalue weighted by Gasteiger charge is 2.33. The third kappa shape index (κ3) is 1.78. The average Bonchev–Trinajstić information content (AvgIpc) is 2.68. The van der Waals surface area contributed by atoms with Crippen LogP contribution >= 0.6 is 0 Å². The lowest BCUT2D eigenvalue weighted by atomic mass is 10.1. The second-order valence-electron chi connectivity index (χ2n) is 3.99. The lowest BCUT2D eigenvalue weighted by Crippen LogP contribution is -2.35. The Morgan fingerprint density at radius 2 is 2.06 bits per heavy atom. The van der Waals surface area contributed by atoms with Crippen molar-refractivity contribution in [3.63, 3.8) is 0 Å². The van der Waals surface area contributed by atoms with Crippen LogP contribution in [0.4, 0.5) is 0 Å². The molecule has 0 fully saturated rings. The summed E-state index contributed by atoms with van der Waals surface area (Å²) in [6.07, 6.45) is 11.7. The second kappa shape index (κ2) is 3.97. The van der Waals surface area contributed by atoms with Crippen LogP contribution in [0.15, 0.2) is 53.9 Å². The molecule has 4 heteroatoms. The van der Waals surface area contributed by atoms with Crippen molar-refractivity contribution >= 4 is 11.7 Å². The molecular formula is C13H11N3O. The highest BCUT2D eigenvalue weighted by atomic mass is 16.2. The van der Waals surface area contributed by atoms with Crippen LogP contribution in [0, 0.1) is 0 Å². The van der Waals surface area contributed by atoms with Gasteiger partial charge in [0.15, 0.2) is 0 Å². The Hall–Kier alpha value is -2.23. The highest BCUT2D eigenvalue weighted by Crippen LogP contribution is 2.20. The number of hydrogen-bond donors (Lipinski definition) is 0. The SMILES string of the molecule is O=C1N=C2C=CC=CN2C1Cc1ccncc1. The molecule has 0 saturated heterocycles. The summed E-state index contributed by atoms with van der Waals surface area (Å²) < 4.78 is 0. The first-order chi connectivity index (χ1) is 8.34. The molecule has 0 saturated carbocycles. The van der Waals surface area contributed by atoms with E-state index in [2.05, 4.69) is 9.98 Å². The van der Waals surface area contributed by atoms with E-state index in [1.807, 2.05) is 41.5 Å². The van der Waals surface area contributed by atoms with E-state index in [1.54, 1.807) is 12.4 Å². The first kappa shape index (κ1) is 9.96. The fourth-order valence-electron chi connectivity index (χ4n) is 2.04. The van der Waals surface area contributed by atoms with Crippen LogP contribution in [0.5, 0.6) is 0 Å². The molecule has 2 aliphatic heterocycles. The lowest BCUT2D eigenvalue weighted by molar-refractivity contribution is -0.119. The van der Waals surface area contributed by atoms with E-state index < -0.39 is 0 Å². The Balaban J connectivity index is 1.84. The lowest BCUT2D eigenvalue weighted by Gasteiger charge is -2.22. The minimum Gasteiger partial charge on any atom is -0.320 e. The van der Waals surface area contributed by atoms with Gasteiger partial charge in [-0.2, -0.15) is 4.99 Å². The van der Waals surface area contributed by atoms with E-state index >= 15 is 0 Å². The van der Waals surface area contributed by atoms with Gasteiger partial charge in [-0.15, -0.1) is 0 Å². The van der Waals surface area contributed by atoms with Gasteiger partial charge >= 0.3 is 0 Å². The number of aromatic nitrogens is 1. The fourth-order valence-corrected chi connectivity index (χ4v) is 2.04. The predicted octanol–water partition coefficient (Wildman–Crippen LogP) is 1.32. The van der Waals surface area contributed by atoms with Gasteiger partial charge in [-0.3, -0.25) is 9.78 Å². The molecule has 3 rings (SSSR count). The zero-order valence-electron chi connectivity index (χ0n) is 9.15. The topological polar surface area (TPSA) is 45.6 Å². The smallest absolute Gasteiger partial charge is 0.271 e. The molecule has 1 aromatic rings. The number of rotatable bonds is 2. The van der Waals surface area contributed by atoms with Crippen molar-refractivity contribution in [1.29, 1.82) is 0 Å². The molecule has 0 aromatic carbocycles. The summed E-state index contributed by atoms with van der Waals surface area (Å²) in [7, 11) is 0. The van der Waals surface area contributed by atoms with Gasteiger partial charge in [0.2, 0.25) is 0 Å². The Kier molecular flexibility index (Phi) is 2.33. The third-order valence-corrected chi connectivity index (χ3v) is 2.89. The quantitative estimate of drug-likeness (QED) is 0.762. The molecular weight excluding hydrogens is 214 g/mol. The van der Waals surface area contributed by atoms with Crippen molar-refractivity contribution in [3.05, 3.63) is 54.5 Å². The number of nitrogens with zero attached hydrogens (tertiary/aromatic N) is 3. The number of hydrogen-bond acceptors (Lipinski definition) is 3. The van der Waals surface area contributed by atoms with Crippen LogP contribution in [0.2, 0.25) is 0 Å². The van der Waals surface area contributed by atoms with Crippen LogP contribution < -0.4 is 0 Å². The van der Waals surface area contributed by atoms with Crippen LogP contribution in [-0.4, -0.2) is 27.7 Å². The highest BCUT2D eigenvalue weighted by molar-refractivity contribution is 6.10. The molecule has 1 aromatic heterocycles. The molecule has 0 aliphatic carbocycles. The van der Waals surface area contributed by atoms with Gasteiger partial charge in [0.05, 0.1) is 0 Å². The number of allylic oxidation sites excluding steroid dienone is 2. The summed E-state index contributed by atoms with van der Waals surface area (Å²) in [6.45, 7) is 0. The normalized spacial score (nSPS) is 21.6. The molecule has 1 unspecified atom stereocenters. The van der Waals surface area contributed by atoms with Gasteiger partial charge in [-0.05, 0) is 29.8 Å². The van der Waals surface area contributed by atoms with E-state index in [0.717, 1.165) is 11.4 Å². The number of amides is 1. The molecule has 2 aliphatic rings. The molecule has 1 atom stereocenters. The maximum absolute atomic E-state index is 11.8. The third-order valence-electron chi connectivity index (χ3n) is 2.89. The van der Waals surface area contributed by atoms with Crippen LogP contribution in [0.3, 0.4) is 0 Å². The molecule has 0 N–H and O–H groups in total. The van der Waals surface area contributed by atoms with Crippen molar-refractivity contribution in [3.8, 4) is 0 Å². The largest absolute Gasteiger partial charge is 0.320 e. The summed E-state index contributed by atoms with van der Waals surface area (Å²) in [5.74, 6) is 0.657. The zero-order chi connectivity index (χ0) is 11.7. The van der Waals surface area contributed by atoms with Crippen LogP contribution in [0.1, 0.15) is 5.56 Å². The second-order valence-corrected chi connectivity index (χ2v) is 3.99. The number of carbonyl (C=O) groups excluding carboxylic acids is 1. The standard InChI is InChI=1S/C13H11N3O/c17-13-11(9-10-4-6-14-7-5-10)16-8-2-1-3-12(16)15-13/h1-8,11H,9H2. The molecule has 0 radical (unpaired) electrons. The monoisotopic (exact) mass is 225 g/mol. The number of aliphatic imine (C=N–C) groups is 1. The summed E-state index contributed by atoms with van der Waals surface area (Å²) in [4.78, 5) is 21.8. The molecule has 4 nitrogen and oxygen atoms in total. The predicted molar refractivity (Wildman–Crippen MR) is 64.3 cm³/mol. The number of carbonyl (C=O) groups is 1. The van der Waals surface area contributed by atoms with Gasteiger partial charge in [-0.25, -0.2) is 0 Å². The number of pyridine rings is 1. The Morgan fingerprint density at radius 1 is 1.24 bits per heavy atom. The van der Waals surface area contributed by atoms with Gasteiger partial charge in [0.25, 0.3) is 5.91 Å². The fraction of sp³-hybridized carbons (Fsp3) is 0.154. The molecule has 17 heavy (non-hydrogen) atoms. The van der Waals surface area contributed by atoms with Crippen LogP contribution in [0.25, 0.3) is 0 Å². The molecule has 0 spiro atoms. The molecule has 0 bridgehead atoms. The summed E-state index contributed by atoms with van der Waals surface area (Å²) in [6, 6.07) is 3.64. The van der Waals surface area contributed by atoms with Crippen molar-refractivity contribution in [1.82, 2.24) is 9.88 Å². The maximum Gasteiger partial charge on any atom is 0.271 e. The minimum atomic E-state index is -0.214. The average molecular weight is 225 g/mol. The van der Waals surface area contributed by atoms with Crippen molar-refractivity contribution < 1.29 is 4.79 Å². The number of fused-ring (bicyclic) bond motifs is 1. The molecule has 84 valence electrons.